The number of hydrogen-bond acceptors (Lipinski definition) is 1. The molecule has 0 radical (unpaired) electrons. The van der Waals surface area contributed by atoms with Crippen LogP contribution in [0.3, 0.4) is 0 Å². The molecule has 1 heteroatoms. The van der Waals surface area contributed by atoms with Gasteiger partial charge in [0.1, 0.15) is 5.60 Å². The largest absolute Gasteiger partial charge is 0.377 e. The van der Waals surface area contributed by atoms with E-state index in [1.54, 1.807) is 6.92 Å². The average molecular weight is 210 g/mol. The van der Waals surface area contributed by atoms with E-state index in [-0.39, 0.29) is 5.92 Å². The topological polar surface area (TPSA) is 20.2 Å². The summed E-state index contributed by atoms with van der Waals surface area (Å²) in [6, 6.07) is 9.70. The molecule has 1 aromatic carbocycles. The van der Waals surface area contributed by atoms with E-state index in [1.165, 1.54) is 0 Å². The second-order valence-electron chi connectivity index (χ2n) is 4.06. The maximum Gasteiger partial charge on any atom is 0.132 e. The lowest BCUT2D eigenvalue weighted by Crippen LogP contribution is -2.29. The number of hydrogen-bond donors (Lipinski definition) is 1. The zero-order chi connectivity index (χ0) is 11.4. The maximum atomic E-state index is 10.2. The van der Waals surface area contributed by atoms with Crippen molar-refractivity contribution in [3.8, 4) is 11.8 Å². The van der Waals surface area contributed by atoms with Crippen LogP contribution >= 0.6 is 0 Å². The molecule has 1 aromatic rings. The molecule has 16 heavy (non-hydrogen) atoms. The van der Waals surface area contributed by atoms with E-state index >= 15 is 0 Å². The molecule has 0 spiro atoms. The Hall–Kier alpha value is -1.78. The van der Waals surface area contributed by atoms with Crippen molar-refractivity contribution < 1.29 is 5.11 Å². The molecule has 0 heterocycles. The van der Waals surface area contributed by atoms with Crippen LogP contribution in [0.1, 0.15) is 12.5 Å². The van der Waals surface area contributed by atoms with Gasteiger partial charge in [0.15, 0.2) is 0 Å². The van der Waals surface area contributed by atoms with Crippen molar-refractivity contribution in [3.63, 3.8) is 0 Å². The van der Waals surface area contributed by atoms with Crippen LogP contribution in [0.25, 0.3) is 0 Å². The van der Waals surface area contributed by atoms with Crippen LogP contribution in [0.15, 0.2) is 54.6 Å². The first-order valence-electron chi connectivity index (χ1n) is 5.34. The average Bonchev–Trinajstić information content (AvgIpc) is 2.82. The van der Waals surface area contributed by atoms with Crippen LogP contribution in [-0.2, 0) is 0 Å². The van der Waals surface area contributed by atoms with Crippen molar-refractivity contribution in [3.05, 3.63) is 60.2 Å². The molecule has 0 aliphatic heterocycles. The monoisotopic (exact) mass is 210 g/mol. The molecule has 0 aromatic heterocycles. The summed E-state index contributed by atoms with van der Waals surface area (Å²) in [6.07, 6.45) is 7.78. The van der Waals surface area contributed by atoms with Crippen LogP contribution in [0, 0.1) is 17.8 Å². The van der Waals surface area contributed by atoms with E-state index in [0.717, 1.165) is 5.56 Å². The Bertz CT molecular complexity index is 457. The van der Waals surface area contributed by atoms with Crippen LogP contribution in [0.4, 0.5) is 0 Å². The minimum absolute atomic E-state index is 0.0105. The summed E-state index contributed by atoms with van der Waals surface area (Å²) < 4.78 is 0. The smallest absolute Gasteiger partial charge is 0.132 e. The molecule has 1 aliphatic rings. The third-order valence-corrected chi connectivity index (χ3v) is 2.63. The van der Waals surface area contributed by atoms with Gasteiger partial charge in [-0.2, -0.15) is 0 Å². The summed E-state index contributed by atoms with van der Waals surface area (Å²) in [4.78, 5) is 0. The molecule has 0 fully saturated rings. The van der Waals surface area contributed by atoms with Crippen LogP contribution in [-0.4, -0.2) is 10.7 Å². The van der Waals surface area contributed by atoms with Crippen molar-refractivity contribution in [2.75, 3.05) is 0 Å². The molecule has 0 bridgehead atoms. The highest BCUT2D eigenvalue weighted by Gasteiger charge is 2.26. The highest BCUT2D eigenvalue weighted by atomic mass is 16.3. The Kier molecular flexibility index (Phi) is 2.94. The molecule has 1 N–H and O–H groups in total. The van der Waals surface area contributed by atoms with E-state index in [2.05, 4.69) is 11.8 Å². The number of rotatable bonds is 1. The highest BCUT2D eigenvalue weighted by molar-refractivity contribution is 5.38. The third-order valence-electron chi connectivity index (χ3n) is 2.63. The van der Waals surface area contributed by atoms with Gasteiger partial charge in [0.25, 0.3) is 0 Å². The Balaban J connectivity index is 2.18. The Morgan fingerprint density at radius 1 is 1.12 bits per heavy atom. The normalized spacial score (nSPS) is 17.9. The van der Waals surface area contributed by atoms with Gasteiger partial charge in [0, 0.05) is 11.5 Å². The summed E-state index contributed by atoms with van der Waals surface area (Å²) in [7, 11) is 0. The summed E-state index contributed by atoms with van der Waals surface area (Å²) in [6.45, 7) is 1.74. The molecule has 1 atom stereocenters. The van der Waals surface area contributed by atoms with Gasteiger partial charge in [-0.1, -0.05) is 54.3 Å². The standard InChI is InChI=1S/C15H14O/c1-15(16,14-9-5-6-10-14)12-11-13-7-3-2-4-8-13/h2-10,14,16H,1H3. The molecule has 0 amide bonds. The number of allylic oxidation sites excluding steroid dienone is 2. The molecule has 0 saturated carbocycles. The Morgan fingerprint density at radius 2 is 1.75 bits per heavy atom. The summed E-state index contributed by atoms with van der Waals surface area (Å²) >= 11 is 0. The lowest BCUT2D eigenvalue weighted by atomic mass is 9.91. The number of aliphatic hydroxyl groups is 1. The van der Waals surface area contributed by atoms with Crippen LogP contribution in [0.5, 0.6) is 0 Å². The first-order valence-corrected chi connectivity index (χ1v) is 5.34. The first kappa shape index (κ1) is 10.7. The minimum atomic E-state index is -1.00. The minimum Gasteiger partial charge on any atom is -0.377 e. The molecule has 80 valence electrons. The van der Waals surface area contributed by atoms with Gasteiger partial charge in [0.2, 0.25) is 0 Å². The van der Waals surface area contributed by atoms with Gasteiger partial charge in [0.05, 0.1) is 0 Å². The van der Waals surface area contributed by atoms with Gasteiger partial charge in [-0.15, -0.1) is 0 Å². The summed E-state index contributed by atoms with van der Waals surface area (Å²) in [5, 5.41) is 10.2. The van der Waals surface area contributed by atoms with Gasteiger partial charge in [-0.3, -0.25) is 0 Å². The molecule has 1 unspecified atom stereocenters. The summed E-state index contributed by atoms with van der Waals surface area (Å²) in [5.74, 6) is 5.90. The van der Waals surface area contributed by atoms with E-state index in [0.29, 0.717) is 0 Å². The van der Waals surface area contributed by atoms with Crippen molar-refractivity contribution in [2.45, 2.75) is 12.5 Å². The van der Waals surface area contributed by atoms with Crippen LogP contribution in [0.2, 0.25) is 0 Å². The lowest BCUT2D eigenvalue weighted by Gasteiger charge is -2.21. The fraction of sp³-hybridized carbons (Fsp3) is 0.200. The third kappa shape index (κ3) is 2.42. The van der Waals surface area contributed by atoms with Gasteiger partial charge < -0.3 is 5.11 Å². The fourth-order valence-corrected chi connectivity index (χ4v) is 1.61. The SMILES string of the molecule is CC(O)(C#Cc1ccccc1)C1C=CC=C1. The van der Waals surface area contributed by atoms with E-state index < -0.39 is 5.60 Å². The second-order valence-corrected chi connectivity index (χ2v) is 4.06. The molecular formula is C15H14O. The zero-order valence-electron chi connectivity index (χ0n) is 9.22. The zero-order valence-corrected chi connectivity index (χ0v) is 9.22. The van der Waals surface area contributed by atoms with Crippen molar-refractivity contribution in [1.82, 2.24) is 0 Å². The fourth-order valence-electron chi connectivity index (χ4n) is 1.61. The van der Waals surface area contributed by atoms with Crippen molar-refractivity contribution >= 4 is 0 Å². The number of benzene rings is 1. The first-order chi connectivity index (χ1) is 7.68. The molecule has 0 saturated heterocycles. The van der Waals surface area contributed by atoms with E-state index in [1.807, 2.05) is 54.6 Å². The van der Waals surface area contributed by atoms with E-state index in [9.17, 15) is 5.11 Å². The predicted octanol–water partition coefficient (Wildman–Crippen LogP) is 2.53. The predicted molar refractivity (Wildman–Crippen MR) is 65.7 cm³/mol. The molecule has 1 nitrogen and oxygen atoms in total. The molecule has 2 rings (SSSR count). The second kappa shape index (κ2) is 4.38. The Labute approximate surface area is 96.1 Å². The van der Waals surface area contributed by atoms with E-state index in [4.69, 9.17) is 0 Å². The highest BCUT2D eigenvalue weighted by Crippen LogP contribution is 2.23. The van der Waals surface area contributed by atoms with Gasteiger partial charge in [-0.25, -0.2) is 0 Å². The Morgan fingerprint density at radius 3 is 2.38 bits per heavy atom. The van der Waals surface area contributed by atoms with Crippen molar-refractivity contribution in [2.24, 2.45) is 5.92 Å². The quantitative estimate of drug-likeness (QED) is 0.706. The van der Waals surface area contributed by atoms with Gasteiger partial charge >= 0.3 is 0 Å². The summed E-state index contributed by atoms with van der Waals surface area (Å²) in [5.41, 5.74) is -0.0759. The molecular weight excluding hydrogens is 196 g/mol. The van der Waals surface area contributed by atoms with Crippen molar-refractivity contribution in [1.29, 1.82) is 0 Å². The lowest BCUT2D eigenvalue weighted by molar-refractivity contribution is 0.0964. The maximum absolute atomic E-state index is 10.2. The van der Waals surface area contributed by atoms with Crippen LogP contribution < -0.4 is 0 Å². The molecule has 1 aliphatic carbocycles. The van der Waals surface area contributed by atoms with Gasteiger partial charge in [-0.05, 0) is 19.1 Å².